The second-order valence-corrected chi connectivity index (χ2v) is 3.49. The molecule has 0 saturated heterocycles. The first kappa shape index (κ1) is 14.6. The first-order valence-electron chi connectivity index (χ1n) is 5.07. The summed E-state index contributed by atoms with van der Waals surface area (Å²) in [5, 5.41) is 0. The Hall–Kier alpha value is -1.47. The van der Waals surface area contributed by atoms with Gasteiger partial charge in [-0.1, -0.05) is 0 Å². The molecular formula is C11H14F3NO3. The molecule has 0 unspecified atom stereocenters. The third-order valence-corrected chi connectivity index (χ3v) is 2.37. The number of hydrogen-bond donors (Lipinski definition) is 1. The van der Waals surface area contributed by atoms with Gasteiger partial charge < -0.3 is 14.3 Å². The van der Waals surface area contributed by atoms with Gasteiger partial charge in [-0.25, -0.2) is 5.90 Å². The lowest BCUT2D eigenvalue weighted by Crippen LogP contribution is -2.11. The molecule has 0 atom stereocenters. The molecule has 0 heterocycles. The molecule has 0 amide bonds. The summed E-state index contributed by atoms with van der Waals surface area (Å²) in [5.41, 5.74) is -0.550. The zero-order valence-corrected chi connectivity index (χ0v) is 10.0. The summed E-state index contributed by atoms with van der Waals surface area (Å²) in [5.74, 6) is 4.74. The van der Waals surface area contributed by atoms with Crippen molar-refractivity contribution in [3.05, 3.63) is 23.3 Å². The Balaban J connectivity index is 3.30. The monoisotopic (exact) mass is 265 g/mol. The standard InChI is InChI=1S/C11H14F3NO3/c1-16-8-5-7(3-4-18-15)10(17-2)9(6-8)11(12,13)14/h5-6H,3-4,15H2,1-2H3. The topological polar surface area (TPSA) is 53.7 Å². The van der Waals surface area contributed by atoms with Crippen LogP contribution >= 0.6 is 0 Å². The maximum absolute atomic E-state index is 12.9. The van der Waals surface area contributed by atoms with Gasteiger partial charge in [0.15, 0.2) is 0 Å². The van der Waals surface area contributed by atoms with Crippen LogP contribution in [0.2, 0.25) is 0 Å². The molecule has 1 aromatic carbocycles. The van der Waals surface area contributed by atoms with E-state index < -0.39 is 11.7 Å². The first-order valence-corrected chi connectivity index (χ1v) is 5.07. The van der Waals surface area contributed by atoms with E-state index in [-0.39, 0.29) is 24.5 Å². The molecule has 102 valence electrons. The van der Waals surface area contributed by atoms with Crippen molar-refractivity contribution in [2.75, 3.05) is 20.8 Å². The molecule has 1 rings (SSSR count). The smallest absolute Gasteiger partial charge is 0.420 e. The van der Waals surface area contributed by atoms with Gasteiger partial charge in [0, 0.05) is 12.0 Å². The Kier molecular flexibility index (Phi) is 4.80. The maximum atomic E-state index is 12.9. The lowest BCUT2D eigenvalue weighted by molar-refractivity contribution is -0.138. The van der Waals surface area contributed by atoms with Crippen LogP contribution < -0.4 is 15.4 Å². The summed E-state index contributed by atoms with van der Waals surface area (Å²) in [4.78, 5) is 4.37. The number of alkyl halides is 3. The minimum atomic E-state index is -4.52. The van der Waals surface area contributed by atoms with Crippen molar-refractivity contribution in [3.63, 3.8) is 0 Å². The average Bonchev–Trinajstić information content (AvgIpc) is 2.33. The van der Waals surface area contributed by atoms with Gasteiger partial charge in [0.25, 0.3) is 0 Å². The number of methoxy groups -OCH3 is 2. The van der Waals surface area contributed by atoms with Gasteiger partial charge in [0.05, 0.1) is 20.8 Å². The van der Waals surface area contributed by atoms with E-state index in [2.05, 4.69) is 4.84 Å². The van der Waals surface area contributed by atoms with E-state index in [1.807, 2.05) is 0 Å². The van der Waals surface area contributed by atoms with Gasteiger partial charge in [-0.2, -0.15) is 13.2 Å². The van der Waals surface area contributed by atoms with Gasteiger partial charge in [-0.3, -0.25) is 0 Å². The highest BCUT2D eigenvalue weighted by Crippen LogP contribution is 2.40. The fourth-order valence-corrected chi connectivity index (χ4v) is 1.58. The maximum Gasteiger partial charge on any atom is 0.420 e. The molecular weight excluding hydrogens is 251 g/mol. The third-order valence-electron chi connectivity index (χ3n) is 2.37. The summed E-state index contributed by atoms with van der Waals surface area (Å²) in [6.07, 6.45) is -4.32. The number of benzene rings is 1. The van der Waals surface area contributed by atoms with E-state index in [9.17, 15) is 13.2 Å². The molecule has 0 aliphatic heterocycles. The Morgan fingerprint density at radius 2 is 1.83 bits per heavy atom. The van der Waals surface area contributed by atoms with E-state index in [1.165, 1.54) is 20.3 Å². The Labute approximate surface area is 102 Å². The van der Waals surface area contributed by atoms with Crippen molar-refractivity contribution in [1.29, 1.82) is 0 Å². The molecule has 0 radical (unpaired) electrons. The normalized spacial score (nSPS) is 11.4. The predicted molar refractivity (Wildman–Crippen MR) is 58.4 cm³/mol. The number of ether oxygens (including phenoxy) is 2. The van der Waals surface area contributed by atoms with Gasteiger partial charge in [-0.15, -0.1) is 0 Å². The molecule has 0 aliphatic carbocycles. The van der Waals surface area contributed by atoms with Crippen LogP contribution in [0.3, 0.4) is 0 Å². The molecule has 2 N–H and O–H groups in total. The van der Waals surface area contributed by atoms with Crippen LogP contribution in [0, 0.1) is 0 Å². The molecule has 0 fully saturated rings. The van der Waals surface area contributed by atoms with Crippen molar-refractivity contribution in [1.82, 2.24) is 0 Å². The highest BCUT2D eigenvalue weighted by molar-refractivity contribution is 5.48. The fourth-order valence-electron chi connectivity index (χ4n) is 1.58. The van der Waals surface area contributed by atoms with Gasteiger partial charge in [0.2, 0.25) is 0 Å². The predicted octanol–water partition coefficient (Wildman–Crippen LogP) is 2.16. The molecule has 0 aromatic heterocycles. The lowest BCUT2D eigenvalue weighted by atomic mass is 10.0. The summed E-state index contributed by atoms with van der Waals surface area (Å²) in [6, 6.07) is 2.36. The first-order chi connectivity index (χ1) is 8.43. The van der Waals surface area contributed by atoms with Crippen molar-refractivity contribution in [2.24, 2.45) is 5.90 Å². The number of halogens is 3. The van der Waals surface area contributed by atoms with Crippen LogP contribution in [0.4, 0.5) is 13.2 Å². The van der Waals surface area contributed by atoms with Crippen LogP contribution in [-0.2, 0) is 17.4 Å². The third kappa shape index (κ3) is 3.27. The van der Waals surface area contributed by atoms with Gasteiger partial charge in [0.1, 0.15) is 17.1 Å². The second-order valence-electron chi connectivity index (χ2n) is 3.49. The van der Waals surface area contributed by atoms with E-state index in [0.29, 0.717) is 5.56 Å². The molecule has 7 heteroatoms. The quantitative estimate of drug-likeness (QED) is 0.829. The SMILES string of the molecule is COc1cc(CCON)c(OC)c(C(F)(F)F)c1. The van der Waals surface area contributed by atoms with Crippen molar-refractivity contribution in [2.45, 2.75) is 12.6 Å². The Morgan fingerprint density at radius 3 is 2.28 bits per heavy atom. The molecule has 0 spiro atoms. The molecule has 0 bridgehead atoms. The van der Waals surface area contributed by atoms with Crippen molar-refractivity contribution >= 4 is 0 Å². The number of rotatable bonds is 5. The zero-order valence-electron chi connectivity index (χ0n) is 10.0. The fraction of sp³-hybridized carbons (Fsp3) is 0.455. The minimum absolute atomic E-state index is 0.0842. The molecule has 0 saturated carbocycles. The Bertz CT molecular complexity index is 407. The number of nitrogens with two attached hydrogens (primary N) is 1. The molecule has 1 aromatic rings. The summed E-state index contributed by atoms with van der Waals surface area (Å²) < 4.78 is 48.3. The van der Waals surface area contributed by atoms with Gasteiger partial charge in [-0.05, 0) is 12.1 Å². The van der Waals surface area contributed by atoms with E-state index in [1.54, 1.807) is 0 Å². The number of hydrogen-bond acceptors (Lipinski definition) is 4. The van der Waals surface area contributed by atoms with Crippen LogP contribution in [0.15, 0.2) is 12.1 Å². The highest BCUT2D eigenvalue weighted by atomic mass is 19.4. The summed E-state index contributed by atoms with van der Waals surface area (Å²) in [6.45, 7) is 0.0842. The van der Waals surface area contributed by atoms with Gasteiger partial charge >= 0.3 is 6.18 Å². The molecule has 18 heavy (non-hydrogen) atoms. The van der Waals surface area contributed by atoms with Crippen molar-refractivity contribution in [3.8, 4) is 11.5 Å². The zero-order chi connectivity index (χ0) is 13.8. The van der Waals surface area contributed by atoms with Crippen molar-refractivity contribution < 1.29 is 27.5 Å². The minimum Gasteiger partial charge on any atom is -0.497 e. The molecule has 4 nitrogen and oxygen atoms in total. The summed E-state index contributed by atoms with van der Waals surface area (Å²) >= 11 is 0. The van der Waals surface area contributed by atoms with Crippen LogP contribution in [0.5, 0.6) is 11.5 Å². The lowest BCUT2D eigenvalue weighted by Gasteiger charge is -2.17. The van der Waals surface area contributed by atoms with Crippen LogP contribution in [0.25, 0.3) is 0 Å². The largest absolute Gasteiger partial charge is 0.497 e. The summed E-state index contributed by atoms with van der Waals surface area (Å²) in [7, 11) is 2.48. The highest BCUT2D eigenvalue weighted by Gasteiger charge is 2.36. The Morgan fingerprint density at radius 1 is 1.17 bits per heavy atom. The average molecular weight is 265 g/mol. The second kappa shape index (κ2) is 5.92. The molecule has 0 aliphatic rings. The van der Waals surface area contributed by atoms with Crippen LogP contribution in [0.1, 0.15) is 11.1 Å². The van der Waals surface area contributed by atoms with E-state index >= 15 is 0 Å². The van der Waals surface area contributed by atoms with Crippen LogP contribution in [-0.4, -0.2) is 20.8 Å². The van der Waals surface area contributed by atoms with E-state index in [4.69, 9.17) is 15.4 Å². The van der Waals surface area contributed by atoms with E-state index in [0.717, 1.165) is 6.07 Å².